The van der Waals surface area contributed by atoms with Crippen molar-refractivity contribution in [3.63, 3.8) is 0 Å². The Bertz CT molecular complexity index is 1500. The summed E-state index contributed by atoms with van der Waals surface area (Å²) in [5.74, 6) is 1.05. The number of methoxy groups -OCH3 is 1. The zero-order valence-corrected chi connectivity index (χ0v) is 23.9. The lowest BCUT2D eigenvalue weighted by Crippen LogP contribution is -2.40. The van der Waals surface area contributed by atoms with Crippen molar-refractivity contribution in [3.05, 3.63) is 74.8 Å². The highest BCUT2D eigenvalue weighted by Gasteiger charge is 2.35. The molecule has 1 aliphatic heterocycles. The highest BCUT2D eigenvalue weighted by molar-refractivity contribution is 14.1. The van der Waals surface area contributed by atoms with E-state index in [4.69, 9.17) is 18.6 Å². The highest BCUT2D eigenvalue weighted by Crippen LogP contribution is 2.41. The second kappa shape index (κ2) is 10.7. The van der Waals surface area contributed by atoms with Crippen LogP contribution < -0.4 is 24.4 Å². The molecular formula is C24H22BrIN2O6S. The minimum Gasteiger partial charge on any atom is -0.493 e. The van der Waals surface area contributed by atoms with Crippen LogP contribution in [0, 0.1) is 3.77 Å². The van der Waals surface area contributed by atoms with E-state index in [-0.39, 0.29) is 17.7 Å². The zero-order valence-electron chi connectivity index (χ0n) is 19.4. The first-order valence-corrected chi connectivity index (χ1v) is 13.4. The summed E-state index contributed by atoms with van der Waals surface area (Å²) in [6.07, 6.45) is 1.68. The van der Waals surface area contributed by atoms with Gasteiger partial charge in [0.15, 0.2) is 20.1 Å². The van der Waals surface area contributed by atoms with Gasteiger partial charge in [-0.2, -0.15) is 0 Å². The van der Waals surface area contributed by atoms with Gasteiger partial charge in [0, 0.05) is 10.5 Å². The predicted octanol–water partition coefficient (Wildman–Crippen LogP) is 4.17. The van der Waals surface area contributed by atoms with Crippen molar-refractivity contribution >= 4 is 61.9 Å². The number of carbonyl (C=O) groups is 1. The van der Waals surface area contributed by atoms with E-state index in [9.17, 15) is 9.59 Å². The fourth-order valence-corrected chi connectivity index (χ4v) is 5.81. The number of rotatable bonds is 7. The number of fused-ring (bicyclic) bond motifs is 1. The van der Waals surface area contributed by atoms with Gasteiger partial charge in [0.05, 0.1) is 42.2 Å². The summed E-state index contributed by atoms with van der Waals surface area (Å²) >= 11 is 6.91. The first-order valence-electron chi connectivity index (χ1n) is 10.7. The normalized spacial score (nSPS) is 15.6. The predicted molar refractivity (Wildman–Crippen MR) is 144 cm³/mol. The Hall–Kier alpha value is -2.38. The van der Waals surface area contributed by atoms with E-state index < -0.39 is 12.0 Å². The van der Waals surface area contributed by atoms with E-state index in [2.05, 4.69) is 43.5 Å². The molecule has 0 radical (unpaired) electrons. The Morgan fingerprint density at radius 3 is 2.69 bits per heavy atom. The van der Waals surface area contributed by atoms with Gasteiger partial charge in [0.25, 0.3) is 5.56 Å². The molecule has 0 aliphatic carbocycles. The van der Waals surface area contributed by atoms with Crippen LogP contribution in [0.4, 0.5) is 0 Å². The fraction of sp³-hybridized carbons (Fsp3) is 0.292. The van der Waals surface area contributed by atoms with E-state index in [1.165, 1.54) is 15.9 Å². The summed E-state index contributed by atoms with van der Waals surface area (Å²) in [6, 6.07) is 6.36. The van der Waals surface area contributed by atoms with Crippen molar-refractivity contribution in [1.82, 2.24) is 4.57 Å². The molecule has 0 amide bonds. The number of hydrogen-bond acceptors (Lipinski definition) is 8. The lowest BCUT2D eigenvalue weighted by Gasteiger charge is -2.26. The second-order valence-corrected chi connectivity index (χ2v) is 10.3. The molecule has 3 heterocycles. The van der Waals surface area contributed by atoms with Crippen LogP contribution >= 0.6 is 49.9 Å². The van der Waals surface area contributed by atoms with Gasteiger partial charge in [-0.3, -0.25) is 9.36 Å². The van der Waals surface area contributed by atoms with Crippen molar-refractivity contribution in [2.24, 2.45) is 4.99 Å². The highest BCUT2D eigenvalue weighted by atomic mass is 127. The van der Waals surface area contributed by atoms with Crippen molar-refractivity contribution in [3.8, 4) is 11.5 Å². The largest absolute Gasteiger partial charge is 0.493 e. The molecule has 1 aliphatic rings. The standard InChI is InChI=1S/C24H22BrIN2O6S/c1-5-32-17-11-15(25)14(10-16(17)31-4)21-20(23(30)33-6-2)12(3)27-24-28(21)22(29)18(35-24)9-13-7-8-19(26)34-13/h7-11,21H,5-6H2,1-4H3/b18-9+/t21-/m0/s1. The number of thiazole rings is 1. The smallest absolute Gasteiger partial charge is 0.338 e. The zero-order chi connectivity index (χ0) is 25.3. The van der Waals surface area contributed by atoms with Crippen LogP contribution in [0.1, 0.15) is 38.1 Å². The topological polar surface area (TPSA) is 92.3 Å². The van der Waals surface area contributed by atoms with Gasteiger partial charge in [-0.05, 0) is 73.2 Å². The Morgan fingerprint density at radius 2 is 2.06 bits per heavy atom. The molecule has 0 fully saturated rings. The number of hydrogen-bond donors (Lipinski definition) is 0. The summed E-state index contributed by atoms with van der Waals surface area (Å²) in [5.41, 5.74) is 1.11. The van der Waals surface area contributed by atoms with Gasteiger partial charge < -0.3 is 18.6 Å². The first kappa shape index (κ1) is 25.7. The van der Waals surface area contributed by atoms with Gasteiger partial charge in [-0.1, -0.05) is 27.3 Å². The molecule has 3 aromatic rings. The maximum absolute atomic E-state index is 13.7. The maximum atomic E-state index is 13.7. The Kier molecular flexibility index (Phi) is 7.86. The van der Waals surface area contributed by atoms with Crippen LogP contribution in [0.5, 0.6) is 11.5 Å². The van der Waals surface area contributed by atoms with Crippen LogP contribution in [0.25, 0.3) is 6.08 Å². The van der Waals surface area contributed by atoms with Gasteiger partial charge >= 0.3 is 5.97 Å². The van der Waals surface area contributed by atoms with Gasteiger partial charge in [0.1, 0.15) is 5.76 Å². The molecular weight excluding hydrogens is 651 g/mol. The molecule has 4 rings (SSSR count). The van der Waals surface area contributed by atoms with Crippen molar-refractivity contribution in [1.29, 1.82) is 0 Å². The molecule has 0 bridgehead atoms. The molecule has 11 heteroatoms. The fourth-order valence-electron chi connectivity index (χ4n) is 3.81. The molecule has 2 aromatic heterocycles. The van der Waals surface area contributed by atoms with E-state index in [1.54, 1.807) is 45.2 Å². The number of benzene rings is 1. The SMILES string of the molecule is CCOC(=O)C1=C(C)N=c2s/c(=C/c3ccc(I)o3)c(=O)n2[C@H]1c1cc(OC)c(OCC)cc1Br. The number of halogens is 2. The number of allylic oxidation sites excluding steroid dienone is 1. The minimum atomic E-state index is -0.789. The number of nitrogens with zero attached hydrogens (tertiary/aromatic N) is 2. The molecule has 1 atom stereocenters. The number of esters is 1. The molecule has 8 nitrogen and oxygen atoms in total. The summed E-state index contributed by atoms with van der Waals surface area (Å²) in [7, 11) is 1.54. The van der Waals surface area contributed by atoms with Gasteiger partial charge in [-0.25, -0.2) is 9.79 Å². The molecule has 35 heavy (non-hydrogen) atoms. The van der Waals surface area contributed by atoms with Crippen LogP contribution in [-0.4, -0.2) is 30.9 Å². The molecule has 0 spiro atoms. The molecule has 1 aromatic carbocycles. The van der Waals surface area contributed by atoms with Gasteiger partial charge in [0.2, 0.25) is 0 Å². The van der Waals surface area contributed by atoms with Crippen LogP contribution in [-0.2, 0) is 9.53 Å². The summed E-state index contributed by atoms with van der Waals surface area (Å²) < 4.78 is 25.5. The number of furan rings is 1. The first-order chi connectivity index (χ1) is 16.8. The molecule has 0 unspecified atom stereocenters. The number of carbonyl (C=O) groups excluding carboxylic acids is 1. The van der Waals surface area contributed by atoms with Crippen molar-refractivity contribution in [2.75, 3.05) is 20.3 Å². The summed E-state index contributed by atoms with van der Waals surface area (Å²) in [4.78, 5) is 31.8. The summed E-state index contributed by atoms with van der Waals surface area (Å²) in [6.45, 7) is 6.00. The Morgan fingerprint density at radius 1 is 1.29 bits per heavy atom. The van der Waals surface area contributed by atoms with E-state index in [0.717, 1.165) is 0 Å². The third-order valence-electron chi connectivity index (χ3n) is 5.26. The third kappa shape index (κ3) is 4.98. The quantitative estimate of drug-likeness (QED) is 0.277. The van der Waals surface area contributed by atoms with Crippen LogP contribution in [0.3, 0.4) is 0 Å². The molecule has 0 saturated carbocycles. The van der Waals surface area contributed by atoms with Crippen LogP contribution in [0.2, 0.25) is 0 Å². The number of ether oxygens (including phenoxy) is 3. The average molecular weight is 673 g/mol. The Labute approximate surface area is 227 Å². The molecule has 184 valence electrons. The van der Waals surface area contributed by atoms with Crippen molar-refractivity contribution in [2.45, 2.75) is 26.8 Å². The third-order valence-corrected chi connectivity index (χ3v) is 7.51. The Balaban J connectivity index is 2.00. The van der Waals surface area contributed by atoms with E-state index in [0.29, 0.717) is 52.7 Å². The number of aromatic nitrogens is 1. The van der Waals surface area contributed by atoms with Crippen LogP contribution in [0.15, 0.2) is 54.2 Å². The maximum Gasteiger partial charge on any atom is 0.338 e. The lowest BCUT2D eigenvalue weighted by atomic mass is 9.95. The van der Waals surface area contributed by atoms with Crippen molar-refractivity contribution < 1.29 is 23.4 Å². The molecule has 0 saturated heterocycles. The molecule has 0 N–H and O–H groups in total. The van der Waals surface area contributed by atoms with Gasteiger partial charge in [-0.15, -0.1) is 0 Å². The lowest BCUT2D eigenvalue weighted by molar-refractivity contribution is -0.139. The summed E-state index contributed by atoms with van der Waals surface area (Å²) in [5, 5.41) is 0. The second-order valence-electron chi connectivity index (χ2n) is 7.40. The minimum absolute atomic E-state index is 0.192. The van der Waals surface area contributed by atoms with E-state index >= 15 is 0 Å². The van der Waals surface area contributed by atoms with E-state index in [1.807, 2.05) is 13.0 Å². The average Bonchev–Trinajstić information content (AvgIpc) is 3.36. The monoisotopic (exact) mass is 672 g/mol.